The molecule has 3 aromatic rings. The van der Waals surface area contributed by atoms with E-state index in [2.05, 4.69) is 31.9 Å². The van der Waals surface area contributed by atoms with Gasteiger partial charge in [0.05, 0.1) is 9.13 Å². The van der Waals surface area contributed by atoms with Gasteiger partial charge in [-0.3, -0.25) is 0 Å². The molecular weight excluding hydrogens is 743 g/mol. The van der Waals surface area contributed by atoms with Crippen molar-refractivity contribution in [2.24, 2.45) is 0 Å². The summed E-state index contributed by atoms with van der Waals surface area (Å²) >= 11 is 7.62. The summed E-state index contributed by atoms with van der Waals surface area (Å²) in [5, 5.41) is 0.524. The van der Waals surface area contributed by atoms with Gasteiger partial charge in [0.2, 0.25) is 0 Å². The molecule has 0 radical (unpaired) electrons. The first-order valence-electron chi connectivity index (χ1n) is 9.89. The monoisotopic (exact) mass is 757 g/mol. The topological polar surface area (TPSA) is 51.9 Å². The van der Waals surface area contributed by atoms with Crippen molar-refractivity contribution >= 4 is 71.5 Å². The van der Waals surface area contributed by atoms with Crippen LogP contribution >= 0.6 is 54.5 Å². The first-order chi connectivity index (χ1) is 16.3. The molecule has 3 rings (SSSR count). The molecule has 0 unspecified atom stereocenters. The highest BCUT2D eigenvalue weighted by Gasteiger charge is 2.38. The van der Waals surface area contributed by atoms with Crippen molar-refractivity contribution < 1.29 is 45.1 Å². The normalized spacial score (nSPS) is 12.7. The maximum atomic E-state index is 13.7. The second kappa shape index (κ2) is 10.2. The number of nitrogens with zero attached hydrogens (tertiary/aromatic N) is 1. The lowest BCUT2D eigenvalue weighted by molar-refractivity contribution is -0.144. The molecule has 1 heterocycles. The third-order valence-corrected chi connectivity index (χ3v) is 6.07. The molecule has 0 aliphatic heterocycles. The maximum Gasteiger partial charge on any atom is 0.444 e. The number of carbonyl (C=O) groups excluding carboxylic acids is 1. The molecule has 0 saturated heterocycles. The molecule has 2 aromatic carbocycles. The Morgan fingerprint density at radius 1 is 0.944 bits per heavy atom. The fourth-order valence-corrected chi connectivity index (χ4v) is 5.11. The van der Waals surface area contributed by atoms with Crippen LogP contribution in [0.15, 0.2) is 43.7 Å². The van der Waals surface area contributed by atoms with E-state index in [1.165, 1.54) is 39.0 Å². The third-order valence-electron chi connectivity index (χ3n) is 4.35. The van der Waals surface area contributed by atoms with E-state index in [1.54, 1.807) is 22.6 Å². The zero-order valence-electron chi connectivity index (χ0n) is 18.6. The van der Waals surface area contributed by atoms with Gasteiger partial charge in [0.15, 0.2) is 5.75 Å². The predicted molar refractivity (Wildman–Crippen MR) is 133 cm³/mol. The molecule has 0 aliphatic rings. The van der Waals surface area contributed by atoms with Crippen LogP contribution in [-0.2, 0) is 23.6 Å². The lowest BCUT2D eigenvalue weighted by atomic mass is 10.1. The van der Waals surface area contributed by atoms with Crippen molar-refractivity contribution in [3.05, 3.63) is 59.7 Å². The third kappa shape index (κ3) is 7.00. The second-order valence-corrected chi connectivity index (χ2v) is 11.4. The molecular formula is C22H16Br2F6INO4. The summed E-state index contributed by atoms with van der Waals surface area (Å²) in [7, 11) is 0. The highest BCUT2D eigenvalue weighted by molar-refractivity contribution is 14.1. The zero-order chi connectivity index (χ0) is 27.2. The Labute approximate surface area is 231 Å². The number of carbonyl (C=O) groups is 1. The summed E-state index contributed by atoms with van der Waals surface area (Å²) < 4.78 is 92.6. The molecule has 0 fully saturated rings. The Hall–Kier alpha value is -1.68. The number of fused-ring (bicyclic) bond motifs is 1. The van der Waals surface area contributed by atoms with Gasteiger partial charge in [-0.25, -0.2) is 4.79 Å². The molecule has 196 valence electrons. The Kier molecular flexibility index (Phi) is 8.21. The number of hydroxylamine groups is 2. The molecule has 0 atom stereocenters. The highest BCUT2D eigenvalue weighted by Crippen LogP contribution is 2.42. The van der Waals surface area contributed by atoms with Crippen LogP contribution in [-0.4, -0.2) is 16.8 Å². The van der Waals surface area contributed by atoms with Gasteiger partial charge in [-0.1, -0.05) is 31.9 Å². The molecule has 0 saturated carbocycles. The summed E-state index contributed by atoms with van der Waals surface area (Å²) in [5.74, 6) is -0.868. The van der Waals surface area contributed by atoms with Gasteiger partial charge in [-0.05, 0) is 73.7 Å². The number of rotatable bonds is 4. The van der Waals surface area contributed by atoms with Crippen molar-refractivity contribution in [2.45, 2.75) is 45.3 Å². The second-order valence-electron chi connectivity index (χ2n) is 8.45. The highest BCUT2D eigenvalue weighted by atomic mass is 127. The van der Waals surface area contributed by atoms with E-state index in [4.69, 9.17) is 14.0 Å². The average molecular weight is 759 g/mol. The van der Waals surface area contributed by atoms with Crippen LogP contribution in [0.1, 0.15) is 37.7 Å². The lowest BCUT2D eigenvalue weighted by Gasteiger charge is -2.27. The Morgan fingerprint density at radius 3 is 2.06 bits per heavy atom. The number of halogens is 9. The lowest BCUT2D eigenvalue weighted by Crippen LogP contribution is -2.39. The fourth-order valence-electron chi connectivity index (χ4n) is 3.02. The predicted octanol–water partition coefficient (Wildman–Crippen LogP) is 9.33. The van der Waals surface area contributed by atoms with E-state index in [1.807, 2.05) is 0 Å². The summed E-state index contributed by atoms with van der Waals surface area (Å²) in [6.45, 7) is 3.94. The van der Waals surface area contributed by atoms with Crippen LogP contribution in [0.4, 0.5) is 31.1 Å². The van der Waals surface area contributed by atoms with E-state index in [0.29, 0.717) is 5.06 Å². The smallest absolute Gasteiger partial charge is 0.444 e. The summed E-state index contributed by atoms with van der Waals surface area (Å²) in [6.07, 6.45) is -10.8. The average Bonchev–Trinajstić information content (AvgIpc) is 3.07. The minimum absolute atomic E-state index is 0.00996. The van der Waals surface area contributed by atoms with E-state index < -0.39 is 53.1 Å². The number of amides is 1. The Balaban J connectivity index is 2.08. The molecule has 0 N–H and O–H groups in total. The van der Waals surface area contributed by atoms with Crippen molar-refractivity contribution in [3.8, 4) is 5.75 Å². The molecule has 0 aliphatic carbocycles. The van der Waals surface area contributed by atoms with E-state index in [9.17, 15) is 31.1 Å². The molecule has 0 spiro atoms. The molecule has 36 heavy (non-hydrogen) atoms. The molecule has 5 nitrogen and oxygen atoms in total. The Morgan fingerprint density at radius 2 is 1.50 bits per heavy atom. The standard InChI is InChI=1S/C22H16Br2F6INO4/c1-20(2,3)35-19(33)32(36-18-15(22(28,29)30)7-12(24)8-16(18)31)9-13-5-10-4-11(23)6-14(17(10)34-13)21(25,26)27/h4-8H,9H2,1-3H3. The van der Waals surface area contributed by atoms with E-state index in [0.717, 1.165) is 12.1 Å². The van der Waals surface area contributed by atoms with Crippen molar-refractivity contribution in [3.63, 3.8) is 0 Å². The van der Waals surface area contributed by atoms with Gasteiger partial charge in [-0.15, -0.1) is 5.06 Å². The van der Waals surface area contributed by atoms with Crippen LogP contribution in [0.25, 0.3) is 11.0 Å². The van der Waals surface area contributed by atoms with Gasteiger partial charge in [0.25, 0.3) is 0 Å². The van der Waals surface area contributed by atoms with Crippen LogP contribution in [0.3, 0.4) is 0 Å². The zero-order valence-corrected chi connectivity index (χ0v) is 23.9. The number of hydrogen-bond acceptors (Lipinski definition) is 4. The number of alkyl halides is 6. The largest absolute Gasteiger partial charge is 0.458 e. The first kappa shape index (κ1) is 28.9. The number of furan rings is 1. The van der Waals surface area contributed by atoms with Gasteiger partial charge < -0.3 is 14.0 Å². The maximum absolute atomic E-state index is 13.7. The van der Waals surface area contributed by atoms with Gasteiger partial charge >= 0.3 is 18.4 Å². The fraction of sp³-hybridized carbons (Fsp3) is 0.318. The van der Waals surface area contributed by atoms with Gasteiger partial charge in [-0.2, -0.15) is 26.3 Å². The van der Waals surface area contributed by atoms with E-state index >= 15 is 0 Å². The molecule has 1 amide bonds. The quantitative estimate of drug-likeness (QED) is 0.151. The van der Waals surface area contributed by atoms with E-state index in [-0.39, 0.29) is 23.7 Å². The summed E-state index contributed by atoms with van der Waals surface area (Å²) in [4.78, 5) is 18.3. The van der Waals surface area contributed by atoms with Gasteiger partial charge in [0, 0.05) is 14.3 Å². The van der Waals surface area contributed by atoms with Crippen LogP contribution in [0, 0.1) is 3.57 Å². The van der Waals surface area contributed by atoms with Gasteiger partial charge in [0.1, 0.15) is 29.1 Å². The SMILES string of the molecule is CC(C)(C)OC(=O)N(Cc1cc2cc(Br)cc(C(F)(F)F)c2o1)Oc1c(I)cc(Br)cc1C(F)(F)F. The van der Waals surface area contributed by atoms with Crippen LogP contribution < -0.4 is 4.84 Å². The summed E-state index contributed by atoms with van der Waals surface area (Å²) in [5.41, 5.74) is -3.80. The molecule has 14 heteroatoms. The van der Waals surface area contributed by atoms with Crippen LogP contribution in [0.5, 0.6) is 5.75 Å². The minimum atomic E-state index is -4.84. The van der Waals surface area contributed by atoms with Crippen molar-refractivity contribution in [1.82, 2.24) is 5.06 Å². The number of hydrogen-bond donors (Lipinski definition) is 0. The van der Waals surface area contributed by atoms with Crippen molar-refractivity contribution in [2.75, 3.05) is 0 Å². The molecule has 1 aromatic heterocycles. The Bertz CT molecular complexity index is 1300. The first-order valence-corrected chi connectivity index (χ1v) is 12.6. The van der Waals surface area contributed by atoms with Crippen molar-refractivity contribution in [1.29, 1.82) is 0 Å². The number of benzene rings is 2. The minimum Gasteiger partial charge on any atom is -0.458 e. The van der Waals surface area contributed by atoms with Crippen LogP contribution in [0.2, 0.25) is 0 Å². The number of ether oxygens (including phenoxy) is 1. The summed E-state index contributed by atoms with van der Waals surface area (Å²) in [6, 6.07) is 5.55. The molecule has 0 bridgehead atoms.